The molecule has 6 heteroatoms. The van der Waals surface area contributed by atoms with Gasteiger partial charge in [-0.1, -0.05) is 0 Å². The van der Waals surface area contributed by atoms with Crippen LogP contribution >= 0.6 is 0 Å². The lowest BCUT2D eigenvalue weighted by Gasteiger charge is -2.26. The summed E-state index contributed by atoms with van der Waals surface area (Å²) < 4.78 is 20.8. The summed E-state index contributed by atoms with van der Waals surface area (Å²) in [5.74, 6) is 0.482. The Morgan fingerprint density at radius 3 is 3.00 bits per heavy atom. The molecule has 0 radical (unpaired) electrons. The van der Waals surface area contributed by atoms with Gasteiger partial charge in [0.1, 0.15) is 25.1 Å². The number of cyclic esters (lactones) is 1. The summed E-state index contributed by atoms with van der Waals surface area (Å²) in [6.07, 6.45) is -0.189. The van der Waals surface area contributed by atoms with Gasteiger partial charge in [0.2, 0.25) is 0 Å². The molecular formula is C12H14O6. The predicted molar refractivity (Wildman–Crippen MR) is 59.0 cm³/mol. The number of carbonyl (C=O) groups excluding carboxylic acids is 2. The van der Waals surface area contributed by atoms with Gasteiger partial charge < -0.3 is 18.6 Å². The second-order valence-corrected chi connectivity index (χ2v) is 3.97. The first-order valence-electron chi connectivity index (χ1n) is 5.63. The third kappa shape index (κ3) is 3.18. The highest BCUT2D eigenvalue weighted by molar-refractivity contribution is 5.74. The van der Waals surface area contributed by atoms with E-state index in [1.165, 1.54) is 0 Å². The molecule has 2 unspecified atom stereocenters. The van der Waals surface area contributed by atoms with E-state index in [4.69, 9.17) is 18.6 Å². The monoisotopic (exact) mass is 254 g/mol. The minimum atomic E-state index is -0.558. The molecule has 2 heterocycles. The van der Waals surface area contributed by atoms with Gasteiger partial charge in [-0.25, -0.2) is 4.79 Å². The molecule has 18 heavy (non-hydrogen) atoms. The Kier molecular flexibility index (Phi) is 4.11. The Bertz CT molecular complexity index is 424. The summed E-state index contributed by atoms with van der Waals surface area (Å²) >= 11 is 0. The summed E-state index contributed by atoms with van der Waals surface area (Å²) in [5.41, 5.74) is 0. The van der Waals surface area contributed by atoms with E-state index in [1.807, 2.05) is 0 Å². The van der Waals surface area contributed by atoms with Gasteiger partial charge in [-0.15, -0.1) is 0 Å². The number of carbonyl (C=O) groups is 2. The van der Waals surface area contributed by atoms with E-state index in [1.54, 1.807) is 19.1 Å². The highest BCUT2D eigenvalue weighted by Crippen LogP contribution is 2.11. The lowest BCUT2D eigenvalue weighted by Crippen LogP contribution is -2.40. The van der Waals surface area contributed by atoms with Gasteiger partial charge in [-0.2, -0.15) is 0 Å². The Balaban J connectivity index is 1.72. The zero-order valence-electron chi connectivity index (χ0n) is 9.96. The van der Waals surface area contributed by atoms with Crippen molar-refractivity contribution in [2.75, 3.05) is 13.2 Å². The fourth-order valence-electron chi connectivity index (χ4n) is 1.59. The summed E-state index contributed by atoms with van der Waals surface area (Å²) in [5, 5.41) is 0. The van der Waals surface area contributed by atoms with Crippen LogP contribution in [0, 0.1) is 0 Å². The number of rotatable bonds is 5. The van der Waals surface area contributed by atoms with Gasteiger partial charge in [0, 0.05) is 0 Å². The molecule has 0 bridgehead atoms. The minimum absolute atomic E-state index is 0.195. The fourth-order valence-corrected chi connectivity index (χ4v) is 1.59. The van der Waals surface area contributed by atoms with Crippen molar-refractivity contribution >= 4 is 12.3 Å². The highest BCUT2D eigenvalue weighted by Gasteiger charge is 2.27. The van der Waals surface area contributed by atoms with E-state index >= 15 is 0 Å². The highest BCUT2D eigenvalue weighted by atomic mass is 16.6. The van der Waals surface area contributed by atoms with Crippen molar-refractivity contribution in [2.45, 2.75) is 25.7 Å². The molecule has 0 saturated carbocycles. The molecule has 1 aromatic rings. The van der Waals surface area contributed by atoms with Gasteiger partial charge in [-0.3, -0.25) is 4.79 Å². The number of hydrogen-bond acceptors (Lipinski definition) is 6. The van der Waals surface area contributed by atoms with Crippen LogP contribution in [0.25, 0.3) is 0 Å². The molecule has 1 aliphatic heterocycles. The standard InChI is InChI=1S/C12H14O6/c1-8-12(14)16-7-11(17-8)6-15-5-10-3-2-9(4-13)18-10/h2-4,8,11H,5-7H2,1H3. The molecule has 0 aliphatic carbocycles. The minimum Gasteiger partial charge on any atom is -0.461 e. The van der Waals surface area contributed by atoms with Gasteiger partial charge in [0.05, 0.1) is 6.61 Å². The van der Waals surface area contributed by atoms with Crippen molar-refractivity contribution < 1.29 is 28.2 Å². The lowest BCUT2D eigenvalue weighted by molar-refractivity contribution is -0.187. The molecule has 0 spiro atoms. The van der Waals surface area contributed by atoms with Gasteiger partial charge in [-0.05, 0) is 19.1 Å². The molecule has 6 nitrogen and oxygen atoms in total. The molecule has 0 aromatic carbocycles. The largest absolute Gasteiger partial charge is 0.461 e. The van der Waals surface area contributed by atoms with E-state index in [-0.39, 0.29) is 31.0 Å². The summed E-state index contributed by atoms with van der Waals surface area (Å²) in [6.45, 7) is 2.38. The average molecular weight is 254 g/mol. The van der Waals surface area contributed by atoms with Gasteiger partial charge in [0.25, 0.3) is 0 Å². The maximum absolute atomic E-state index is 11.0. The Labute approximate surface area is 104 Å². The van der Waals surface area contributed by atoms with Crippen LogP contribution in [0.5, 0.6) is 0 Å². The first-order valence-corrected chi connectivity index (χ1v) is 5.63. The summed E-state index contributed by atoms with van der Waals surface area (Å²) in [7, 11) is 0. The van der Waals surface area contributed by atoms with Crippen LogP contribution in [0.4, 0.5) is 0 Å². The maximum Gasteiger partial charge on any atom is 0.335 e. The molecular weight excluding hydrogens is 240 g/mol. The lowest BCUT2D eigenvalue weighted by atomic mass is 10.3. The molecule has 1 aromatic heterocycles. The van der Waals surface area contributed by atoms with E-state index in [0.29, 0.717) is 18.7 Å². The zero-order valence-corrected chi connectivity index (χ0v) is 9.96. The molecule has 1 fully saturated rings. The molecule has 0 N–H and O–H groups in total. The third-order valence-electron chi connectivity index (χ3n) is 2.49. The van der Waals surface area contributed by atoms with Crippen molar-refractivity contribution in [3.8, 4) is 0 Å². The fraction of sp³-hybridized carbons (Fsp3) is 0.500. The maximum atomic E-state index is 11.0. The Hall–Kier alpha value is -1.66. The van der Waals surface area contributed by atoms with Crippen LogP contribution in [0.1, 0.15) is 23.2 Å². The molecule has 1 aliphatic rings. The zero-order chi connectivity index (χ0) is 13.0. The molecule has 0 amide bonds. The number of ether oxygens (including phenoxy) is 3. The van der Waals surface area contributed by atoms with Crippen molar-refractivity contribution in [1.29, 1.82) is 0 Å². The average Bonchev–Trinajstić information content (AvgIpc) is 2.82. The third-order valence-corrected chi connectivity index (χ3v) is 2.49. The smallest absolute Gasteiger partial charge is 0.335 e. The van der Waals surface area contributed by atoms with E-state index in [0.717, 1.165) is 0 Å². The Morgan fingerprint density at radius 2 is 2.33 bits per heavy atom. The number of hydrogen-bond donors (Lipinski definition) is 0. The predicted octanol–water partition coefficient (Wildman–Crippen LogP) is 0.939. The van der Waals surface area contributed by atoms with Gasteiger partial charge >= 0.3 is 5.97 Å². The molecule has 1 saturated heterocycles. The normalized spacial score (nSPS) is 23.7. The van der Waals surface area contributed by atoms with Gasteiger partial charge in [0.15, 0.2) is 18.2 Å². The first-order chi connectivity index (χ1) is 8.69. The van der Waals surface area contributed by atoms with Crippen molar-refractivity contribution in [3.63, 3.8) is 0 Å². The quantitative estimate of drug-likeness (QED) is 0.575. The van der Waals surface area contributed by atoms with Crippen LogP contribution in [0.15, 0.2) is 16.5 Å². The number of esters is 1. The van der Waals surface area contributed by atoms with E-state index in [2.05, 4.69) is 0 Å². The second kappa shape index (κ2) is 5.79. The second-order valence-electron chi connectivity index (χ2n) is 3.97. The topological polar surface area (TPSA) is 75.0 Å². The summed E-state index contributed by atoms with van der Waals surface area (Å²) in [6, 6.07) is 3.25. The molecule has 98 valence electrons. The van der Waals surface area contributed by atoms with Crippen molar-refractivity contribution in [3.05, 3.63) is 23.7 Å². The van der Waals surface area contributed by atoms with Crippen LogP contribution in [-0.4, -0.2) is 37.7 Å². The molecule has 2 rings (SSSR count). The van der Waals surface area contributed by atoms with E-state index < -0.39 is 6.10 Å². The van der Waals surface area contributed by atoms with Crippen LogP contribution in [0.3, 0.4) is 0 Å². The van der Waals surface area contributed by atoms with Crippen LogP contribution in [0.2, 0.25) is 0 Å². The van der Waals surface area contributed by atoms with Crippen LogP contribution in [-0.2, 0) is 25.6 Å². The summed E-state index contributed by atoms with van der Waals surface area (Å²) in [4.78, 5) is 21.4. The van der Waals surface area contributed by atoms with Crippen LogP contribution < -0.4 is 0 Å². The number of furan rings is 1. The van der Waals surface area contributed by atoms with E-state index in [9.17, 15) is 9.59 Å². The molecule has 2 atom stereocenters. The Morgan fingerprint density at radius 1 is 1.50 bits per heavy atom. The first kappa shape index (κ1) is 12.8. The SMILES string of the molecule is CC1OC(COCc2ccc(C=O)o2)COC1=O. The van der Waals surface area contributed by atoms with Crippen molar-refractivity contribution in [1.82, 2.24) is 0 Å². The van der Waals surface area contributed by atoms with Crippen molar-refractivity contribution in [2.24, 2.45) is 0 Å². The number of aldehydes is 1.